The fourth-order valence-electron chi connectivity index (χ4n) is 2.59. The van der Waals surface area contributed by atoms with Crippen LogP contribution in [-0.2, 0) is 0 Å². The van der Waals surface area contributed by atoms with Crippen molar-refractivity contribution in [2.75, 3.05) is 5.32 Å². The van der Waals surface area contributed by atoms with Crippen molar-refractivity contribution in [1.29, 1.82) is 0 Å². The molecule has 0 fully saturated rings. The fourth-order valence-corrected chi connectivity index (χ4v) is 2.59. The van der Waals surface area contributed by atoms with Crippen LogP contribution in [0.5, 0.6) is 0 Å². The Morgan fingerprint density at radius 1 is 1.20 bits per heavy atom. The highest BCUT2D eigenvalue weighted by molar-refractivity contribution is 5.71. The van der Waals surface area contributed by atoms with Crippen LogP contribution in [0.25, 0.3) is 5.70 Å². The predicted molar refractivity (Wildman–Crippen MR) is 89.9 cm³/mol. The van der Waals surface area contributed by atoms with Crippen LogP contribution >= 0.6 is 0 Å². The molecule has 0 unspecified atom stereocenters. The maximum absolute atomic E-state index is 13.5. The number of hydrazine groups is 1. The van der Waals surface area contributed by atoms with Crippen molar-refractivity contribution in [3.63, 3.8) is 0 Å². The number of hydrogen-bond acceptors (Lipinski definition) is 4. The Balaban J connectivity index is 1.84. The summed E-state index contributed by atoms with van der Waals surface area (Å²) in [5.41, 5.74) is 10.1. The average Bonchev–Trinajstić information content (AvgIpc) is 3.16. The van der Waals surface area contributed by atoms with Crippen molar-refractivity contribution in [3.05, 3.63) is 64.4 Å². The van der Waals surface area contributed by atoms with Gasteiger partial charge in [0.05, 0.1) is 11.4 Å². The van der Waals surface area contributed by atoms with Crippen LogP contribution in [0.3, 0.4) is 0 Å². The van der Waals surface area contributed by atoms with E-state index in [4.69, 9.17) is 0 Å². The van der Waals surface area contributed by atoms with E-state index in [-0.39, 0.29) is 5.82 Å². The maximum Gasteiger partial charge on any atom is 0.333 e. The lowest BCUT2D eigenvalue weighted by Crippen LogP contribution is -2.24. The zero-order valence-corrected chi connectivity index (χ0v) is 14.0. The lowest BCUT2D eigenvalue weighted by Gasteiger charge is -2.09. The van der Waals surface area contributed by atoms with Crippen LogP contribution in [-0.4, -0.2) is 9.78 Å². The predicted octanol–water partition coefficient (Wildman–Crippen LogP) is 3.83. The molecule has 3 N–H and O–H groups in total. The zero-order chi connectivity index (χ0) is 18.1. The van der Waals surface area contributed by atoms with E-state index in [1.165, 1.54) is 12.1 Å². The summed E-state index contributed by atoms with van der Waals surface area (Å²) in [4.78, 5) is 0. The van der Waals surface area contributed by atoms with E-state index in [1.54, 1.807) is 26.0 Å². The van der Waals surface area contributed by atoms with Gasteiger partial charge in [-0.25, -0.2) is 9.07 Å². The molecule has 0 atom stereocenters. The van der Waals surface area contributed by atoms with E-state index in [2.05, 4.69) is 21.3 Å². The van der Waals surface area contributed by atoms with Crippen molar-refractivity contribution in [2.45, 2.75) is 27.3 Å². The summed E-state index contributed by atoms with van der Waals surface area (Å²) in [5, 5.41) is 6.82. The van der Waals surface area contributed by atoms with Crippen LogP contribution < -0.4 is 16.2 Å². The molecule has 2 heterocycles. The van der Waals surface area contributed by atoms with Crippen LogP contribution in [0.1, 0.15) is 30.3 Å². The summed E-state index contributed by atoms with van der Waals surface area (Å²) in [6.45, 7) is 2.56. The topological polar surface area (TPSA) is 53.9 Å². The van der Waals surface area contributed by atoms with Gasteiger partial charge in [0, 0.05) is 23.0 Å². The number of aryl methyl sites for hydroxylation is 2. The quantitative estimate of drug-likeness (QED) is 0.785. The summed E-state index contributed by atoms with van der Waals surface area (Å²) in [7, 11) is 0. The minimum atomic E-state index is -2.68. The third-order valence-electron chi connectivity index (χ3n) is 3.94. The first kappa shape index (κ1) is 16.9. The molecule has 1 aliphatic heterocycles. The molecule has 1 aromatic heterocycles. The molecule has 25 heavy (non-hydrogen) atoms. The van der Waals surface area contributed by atoms with Gasteiger partial charge in [0.1, 0.15) is 5.82 Å². The normalized spacial score (nSPS) is 15.7. The highest BCUT2D eigenvalue weighted by Gasteiger charge is 2.16. The molecule has 0 aliphatic carbocycles. The van der Waals surface area contributed by atoms with Gasteiger partial charge in [0.2, 0.25) is 0 Å². The lowest BCUT2D eigenvalue weighted by atomic mass is 10.1. The highest BCUT2D eigenvalue weighted by Crippen LogP contribution is 2.24. The van der Waals surface area contributed by atoms with Gasteiger partial charge < -0.3 is 10.7 Å². The Morgan fingerprint density at radius 2 is 1.96 bits per heavy atom. The largest absolute Gasteiger partial charge is 0.341 e. The molecule has 132 valence electrons. The number of alkyl halides is 2. The molecular formula is C17H18F3N5. The van der Waals surface area contributed by atoms with Crippen LogP contribution in [0.15, 0.2) is 41.7 Å². The second-order valence-corrected chi connectivity index (χ2v) is 5.82. The van der Waals surface area contributed by atoms with Crippen LogP contribution in [0.4, 0.5) is 19.0 Å². The molecule has 0 radical (unpaired) electrons. The summed E-state index contributed by atoms with van der Waals surface area (Å²) in [6, 6.07) is 6.11. The Bertz CT molecular complexity index is 867. The first-order valence-electron chi connectivity index (χ1n) is 7.67. The second kappa shape index (κ2) is 6.54. The monoisotopic (exact) mass is 349 g/mol. The Kier molecular flexibility index (Phi) is 4.43. The van der Waals surface area contributed by atoms with Gasteiger partial charge in [0.25, 0.3) is 0 Å². The van der Waals surface area contributed by atoms with Crippen molar-refractivity contribution < 1.29 is 13.2 Å². The second-order valence-electron chi connectivity index (χ2n) is 5.82. The number of nitrogens with one attached hydrogen (secondary N) is 3. The van der Waals surface area contributed by atoms with Crippen molar-refractivity contribution >= 4 is 11.5 Å². The summed E-state index contributed by atoms with van der Waals surface area (Å²) < 4.78 is 39.7. The number of nitrogens with zero attached hydrogens (tertiary/aromatic N) is 2. The third-order valence-corrected chi connectivity index (χ3v) is 3.94. The van der Waals surface area contributed by atoms with E-state index in [0.29, 0.717) is 27.6 Å². The minimum absolute atomic E-state index is 0.316. The number of allylic oxidation sites excluding steroid dienone is 2. The van der Waals surface area contributed by atoms with Crippen molar-refractivity contribution in [1.82, 2.24) is 20.6 Å². The summed E-state index contributed by atoms with van der Waals surface area (Å²) >= 11 is 0. The molecule has 0 bridgehead atoms. The lowest BCUT2D eigenvalue weighted by molar-refractivity contribution is 0.0547. The Morgan fingerprint density at radius 3 is 2.64 bits per heavy atom. The smallest absolute Gasteiger partial charge is 0.333 e. The van der Waals surface area contributed by atoms with E-state index in [0.717, 1.165) is 16.8 Å². The first-order chi connectivity index (χ1) is 11.8. The van der Waals surface area contributed by atoms with Crippen LogP contribution in [0.2, 0.25) is 0 Å². The number of halogens is 3. The van der Waals surface area contributed by atoms with E-state index < -0.39 is 6.55 Å². The molecule has 2 aromatic rings. The molecule has 5 nitrogen and oxygen atoms in total. The van der Waals surface area contributed by atoms with Gasteiger partial charge in [-0.15, -0.1) is 5.10 Å². The average molecular weight is 349 g/mol. The van der Waals surface area contributed by atoms with Gasteiger partial charge in [-0.2, -0.15) is 8.78 Å². The summed E-state index contributed by atoms with van der Waals surface area (Å²) in [5.74, 6) is 0.0111. The standard InChI is InChI=1S/C17H18F3N5/c1-9-4-5-12(18)7-13(9)15-8-14(22-23-15)11(3)21-16-6-10(2)25(24-16)17(19)20/h4-8,17,22-23H,1-3H3,(H,21,24)/b14-11-. The van der Waals surface area contributed by atoms with E-state index in [9.17, 15) is 13.2 Å². The molecule has 0 spiro atoms. The number of aromatic nitrogens is 2. The number of rotatable bonds is 4. The van der Waals surface area contributed by atoms with Gasteiger partial charge in [-0.3, -0.25) is 5.43 Å². The first-order valence-corrected chi connectivity index (χ1v) is 7.67. The molecule has 1 aliphatic rings. The molecule has 8 heteroatoms. The third kappa shape index (κ3) is 3.47. The molecular weight excluding hydrogens is 331 g/mol. The number of hydrogen-bond donors (Lipinski definition) is 3. The van der Waals surface area contributed by atoms with Gasteiger partial charge in [-0.05, 0) is 44.5 Å². The molecule has 0 saturated heterocycles. The van der Waals surface area contributed by atoms with Gasteiger partial charge in [0.15, 0.2) is 5.82 Å². The molecule has 0 saturated carbocycles. The molecule has 0 amide bonds. The minimum Gasteiger partial charge on any atom is -0.341 e. The molecule has 3 rings (SSSR count). The number of benzene rings is 1. The van der Waals surface area contributed by atoms with Crippen LogP contribution in [0, 0.1) is 19.7 Å². The summed E-state index contributed by atoms with van der Waals surface area (Å²) in [6.07, 6.45) is 1.82. The Hall–Kier alpha value is -2.90. The fraction of sp³-hybridized carbons (Fsp3) is 0.235. The SMILES string of the molecule is C/C(Nc1cc(C)n(C(F)F)n1)=C1\C=C(c2cc(F)ccc2C)NN1. The maximum atomic E-state index is 13.5. The van der Waals surface area contributed by atoms with Gasteiger partial charge in [-0.1, -0.05) is 6.07 Å². The van der Waals surface area contributed by atoms with E-state index in [1.807, 2.05) is 13.0 Å². The van der Waals surface area contributed by atoms with Crippen molar-refractivity contribution in [3.8, 4) is 0 Å². The zero-order valence-electron chi connectivity index (χ0n) is 14.0. The van der Waals surface area contributed by atoms with Gasteiger partial charge >= 0.3 is 6.55 Å². The molecule has 1 aromatic carbocycles. The highest BCUT2D eigenvalue weighted by atomic mass is 19.3. The Labute approximate surface area is 143 Å². The number of anilines is 1. The van der Waals surface area contributed by atoms with Crippen molar-refractivity contribution in [2.24, 2.45) is 0 Å². The van der Waals surface area contributed by atoms with E-state index >= 15 is 0 Å².